The van der Waals surface area contributed by atoms with E-state index in [1.807, 2.05) is 13.0 Å². The summed E-state index contributed by atoms with van der Waals surface area (Å²) in [5.41, 5.74) is 7.77. The molecular formula is C10H16N2O. The average molecular weight is 180 g/mol. The quantitative estimate of drug-likeness (QED) is 0.733. The first-order valence-corrected chi connectivity index (χ1v) is 4.55. The standard InChI is InChI=1S/C10H16N2O/c1-4-6(2)9-5-8(10(11)13)7(3)12-9/h5-6,12H,4H2,1-3H3,(H2,11,13). The smallest absolute Gasteiger partial charge is 0.250 e. The zero-order valence-electron chi connectivity index (χ0n) is 8.35. The average Bonchev–Trinajstić information content (AvgIpc) is 2.46. The number of carbonyl (C=O) groups is 1. The maximum absolute atomic E-state index is 10.9. The van der Waals surface area contributed by atoms with Gasteiger partial charge in [0.25, 0.3) is 5.91 Å². The van der Waals surface area contributed by atoms with Crippen LogP contribution in [0.4, 0.5) is 0 Å². The number of aromatic nitrogens is 1. The van der Waals surface area contributed by atoms with Crippen molar-refractivity contribution < 1.29 is 4.79 Å². The molecule has 0 saturated carbocycles. The van der Waals surface area contributed by atoms with Crippen LogP contribution in [0.25, 0.3) is 0 Å². The van der Waals surface area contributed by atoms with Crippen molar-refractivity contribution in [3.05, 3.63) is 23.0 Å². The van der Waals surface area contributed by atoms with Crippen molar-refractivity contribution in [1.29, 1.82) is 0 Å². The first kappa shape index (κ1) is 9.84. The predicted octanol–water partition coefficient (Wildman–Crippen LogP) is 1.94. The van der Waals surface area contributed by atoms with Gasteiger partial charge in [-0.25, -0.2) is 0 Å². The van der Waals surface area contributed by atoms with E-state index in [4.69, 9.17) is 5.73 Å². The third kappa shape index (κ3) is 1.91. The van der Waals surface area contributed by atoms with Crippen LogP contribution in [0.5, 0.6) is 0 Å². The lowest BCUT2D eigenvalue weighted by Gasteiger charge is -2.03. The second-order valence-corrected chi connectivity index (χ2v) is 3.44. The zero-order valence-corrected chi connectivity index (χ0v) is 8.35. The van der Waals surface area contributed by atoms with Gasteiger partial charge in [0.2, 0.25) is 0 Å². The van der Waals surface area contributed by atoms with Gasteiger partial charge in [0.1, 0.15) is 0 Å². The highest BCUT2D eigenvalue weighted by Crippen LogP contribution is 2.20. The molecular weight excluding hydrogens is 164 g/mol. The number of amides is 1. The third-order valence-corrected chi connectivity index (χ3v) is 2.44. The Balaban J connectivity index is 3.01. The monoisotopic (exact) mass is 180 g/mol. The summed E-state index contributed by atoms with van der Waals surface area (Å²) >= 11 is 0. The summed E-state index contributed by atoms with van der Waals surface area (Å²) in [6.45, 7) is 6.10. The van der Waals surface area contributed by atoms with Crippen molar-refractivity contribution in [2.24, 2.45) is 5.73 Å². The van der Waals surface area contributed by atoms with Crippen molar-refractivity contribution >= 4 is 5.91 Å². The summed E-state index contributed by atoms with van der Waals surface area (Å²) in [7, 11) is 0. The number of aryl methyl sites for hydroxylation is 1. The van der Waals surface area contributed by atoms with Crippen molar-refractivity contribution in [3.8, 4) is 0 Å². The van der Waals surface area contributed by atoms with E-state index in [2.05, 4.69) is 18.8 Å². The molecule has 1 unspecified atom stereocenters. The largest absolute Gasteiger partial charge is 0.366 e. The second kappa shape index (κ2) is 3.64. The Labute approximate surface area is 78.3 Å². The van der Waals surface area contributed by atoms with Crippen LogP contribution in [0.2, 0.25) is 0 Å². The van der Waals surface area contributed by atoms with E-state index >= 15 is 0 Å². The predicted molar refractivity (Wildman–Crippen MR) is 52.8 cm³/mol. The van der Waals surface area contributed by atoms with Crippen LogP contribution in [0, 0.1) is 6.92 Å². The Morgan fingerprint density at radius 2 is 2.31 bits per heavy atom. The second-order valence-electron chi connectivity index (χ2n) is 3.44. The van der Waals surface area contributed by atoms with E-state index in [0.717, 1.165) is 17.8 Å². The van der Waals surface area contributed by atoms with E-state index in [1.54, 1.807) is 0 Å². The normalized spacial score (nSPS) is 12.8. The Morgan fingerprint density at radius 3 is 2.69 bits per heavy atom. The van der Waals surface area contributed by atoms with E-state index < -0.39 is 0 Å². The molecule has 0 aliphatic carbocycles. The van der Waals surface area contributed by atoms with Crippen molar-refractivity contribution in [3.63, 3.8) is 0 Å². The minimum Gasteiger partial charge on any atom is -0.366 e. The van der Waals surface area contributed by atoms with Crippen LogP contribution < -0.4 is 5.73 Å². The number of carbonyl (C=O) groups excluding carboxylic acids is 1. The molecule has 1 rings (SSSR count). The van der Waals surface area contributed by atoms with Crippen LogP contribution in [0.1, 0.15) is 47.9 Å². The fourth-order valence-corrected chi connectivity index (χ4v) is 1.32. The molecule has 13 heavy (non-hydrogen) atoms. The van der Waals surface area contributed by atoms with Gasteiger partial charge in [0.15, 0.2) is 0 Å². The number of H-pyrrole nitrogens is 1. The van der Waals surface area contributed by atoms with Crippen LogP contribution in [-0.2, 0) is 0 Å². The molecule has 1 aromatic heterocycles. The molecule has 0 aliphatic rings. The van der Waals surface area contributed by atoms with Gasteiger partial charge in [-0.3, -0.25) is 4.79 Å². The number of rotatable bonds is 3. The van der Waals surface area contributed by atoms with Gasteiger partial charge >= 0.3 is 0 Å². The molecule has 0 radical (unpaired) electrons. The van der Waals surface area contributed by atoms with Gasteiger partial charge in [-0.1, -0.05) is 13.8 Å². The van der Waals surface area contributed by atoms with Gasteiger partial charge in [-0.15, -0.1) is 0 Å². The first-order chi connectivity index (χ1) is 6.06. The summed E-state index contributed by atoms with van der Waals surface area (Å²) in [5.74, 6) is 0.0927. The number of aromatic amines is 1. The van der Waals surface area contributed by atoms with Crippen LogP contribution in [-0.4, -0.2) is 10.9 Å². The molecule has 3 nitrogen and oxygen atoms in total. The molecule has 0 fully saturated rings. The lowest BCUT2D eigenvalue weighted by atomic mass is 10.1. The van der Waals surface area contributed by atoms with E-state index in [-0.39, 0.29) is 5.91 Å². The zero-order chi connectivity index (χ0) is 10.0. The van der Waals surface area contributed by atoms with Gasteiger partial charge < -0.3 is 10.7 Å². The fraction of sp³-hybridized carbons (Fsp3) is 0.500. The molecule has 1 amide bonds. The van der Waals surface area contributed by atoms with Gasteiger partial charge in [-0.2, -0.15) is 0 Å². The molecule has 0 spiro atoms. The highest BCUT2D eigenvalue weighted by molar-refractivity contribution is 5.94. The maximum Gasteiger partial charge on any atom is 0.250 e. The first-order valence-electron chi connectivity index (χ1n) is 4.55. The lowest BCUT2D eigenvalue weighted by molar-refractivity contribution is 0.1000. The Kier molecular flexibility index (Phi) is 2.76. The minimum atomic E-state index is -0.358. The Bertz CT molecular complexity index is 315. The number of nitrogens with two attached hydrogens (primary N) is 1. The summed E-state index contributed by atoms with van der Waals surface area (Å²) in [6, 6.07) is 1.85. The summed E-state index contributed by atoms with van der Waals surface area (Å²) < 4.78 is 0. The van der Waals surface area contributed by atoms with Crippen LogP contribution in [0.15, 0.2) is 6.07 Å². The molecule has 3 heteroatoms. The molecule has 0 saturated heterocycles. The third-order valence-electron chi connectivity index (χ3n) is 2.44. The topological polar surface area (TPSA) is 58.9 Å². The lowest BCUT2D eigenvalue weighted by Crippen LogP contribution is -2.10. The molecule has 1 aromatic rings. The van der Waals surface area contributed by atoms with Crippen molar-refractivity contribution in [1.82, 2.24) is 4.98 Å². The molecule has 1 heterocycles. The van der Waals surface area contributed by atoms with E-state index in [1.165, 1.54) is 0 Å². The van der Waals surface area contributed by atoms with Gasteiger partial charge in [0.05, 0.1) is 5.56 Å². The van der Waals surface area contributed by atoms with E-state index in [0.29, 0.717) is 11.5 Å². The molecule has 3 N–H and O–H groups in total. The summed E-state index contributed by atoms with van der Waals surface area (Å²) in [4.78, 5) is 14.1. The fourth-order valence-electron chi connectivity index (χ4n) is 1.32. The minimum absolute atomic E-state index is 0.358. The Morgan fingerprint density at radius 1 is 1.69 bits per heavy atom. The van der Waals surface area contributed by atoms with E-state index in [9.17, 15) is 4.79 Å². The SMILES string of the molecule is CCC(C)c1cc(C(N)=O)c(C)[nH]1. The van der Waals surface area contributed by atoms with Crippen molar-refractivity contribution in [2.75, 3.05) is 0 Å². The Hall–Kier alpha value is -1.25. The maximum atomic E-state index is 10.9. The molecule has 0 aliphatic heterocycles. The number of hydrogen-bond acceptors (Lipinski definition) is 1. The number of nitrogens with one attached hydrogen (secondary N) is 1. The molecule has 1 atom stereocenters. The summed E-state index contributed by atoms with van der Waals surface area (Å²) in [6.07, 6.45) is 1.05. The van der Waals surface area contributed by atoms with Gasteiger partial charge in [0, 0.05) is 11.4 Å². The highest BCUT2D eigenvalue weighted by atomic mass is 16.1. The van der Waals surface area contributed by atoms with Crippen LogP contribution in [0.3, 0.4) is 0 Å². The number of primary amides is 1. The number of hydrogen-bond donors (Lipinski definition) is 2. The highest BCUT2D eigenvalue weighted by Gasteiger charge is 2.12. The molecule has 0 bridgehead atoms. The summed E-state index contributed by atoms with van der Waals surface area (Å²) in [5, 5.41) is 0. The van der Waals surface area contributed by atoms with Crippen molar-refractivity contribution in [2.45, 2.75) is 33.1 Å². The van der Waals surface area contributed by atoms with Crippen LogP contribution >= 0.6 is 0 Å². The molecule has 72 valence electrons. The molecule has 0 aromatic carbocycles. The van der Waals surface area contributed by atoms with Gasteiger partial charge in [-0.05, 0) is 25.3 Å².